The summed E-state index contributed by atoms with van der Waals surface area (Å²) in [6, 6.07) is 3.57. The van der Waals surface area contributed by atoms with Crippen molar-refractivity contribution < 1.29 is 14.0 Å². The molecule has 2 atom stereocenters. The normalized spacial score (nSPS) is 26.0. The largest absolute Gasteiger partial charge is 0.329 e. The smallest absolute Gasteiger partial charge is 0.250 e. The number of hydrogen-bond donors (Lipinski definition) is 0. The van der Waals surface area contributed by atoms with Crippen molar-refractivity contribution >= 4 is 17.5 Å². The van der Waals surface area contributed by atoms with E-state index in [4.69, 9.17) is 0 Å². The van der Waals surface area contributed by atoms with Crippen LogP contribution in [0.15, 0.2) is 18.2 Å². The van der Waals surface area contributed by atoms with Crippen LogP contribution in [0.4, 0.5) is 10.1 Å². The number of nitrogens with zero attached hydrogens (tertiary/aromatic N) is 2. The van der Waals surface area contributed by atoms with Gasteiger partial charge in [-0.1, -0.05) is 6.07 Å². The second-order valence-electron chi connectivity index (χ2n) is 5.88. The van der Waals surface area contributed by atoms with Crippen LogP contribution < -0.4 is 4.90 Å². The van der Waals surface area contributed by atoms with E-state index in [-0.39, 0.29) is 17.5 Å². The van der Waals surface area contributed by atoms with Crippen LogP contribution in [0.1, 0.15) is 31.7 Å². The standard InChI is InChI=1S/C16H19FN2O2/c1-10-6-7-12(17)14(9-10)19-11(2)15(20)18-8-4-3-5-13(18)16(19)21/h6-7,9,11,13H,3-5,8H2,1-2H3. The molecule has 2 amide bonds. The Balaban J connectivity index is 2.03. The summed E-state index contributed by atoms with van der Waals surface area (Å²) in [4.78, 5) is 28.3. The minimum atomic E-state index is -0.650. The van der Waals surface area contributed by atoms with Gasteiger partial charge in [0.05, 0.1) is 5.69 Å². The van der Waals surface area contributed by atoms with Crippen LogP contribution in [-0.2, 0) is 9.59 Å². The van der Waals surface area contributed by atoms with Crippen LogP contribution in [0.5, 0.6) is 0 Å². The van der Waals surface area contributed by atoms with Crippen molar-refractivity contribution in [2.24, 2.45) is 0 Å². The molecule has 21 heavy (non-hydrogen) atoms. The molecule has 3 rings (SSSR count). The number of carbonyl (C=O) groups excluding carboxylic acids is 2. The van der Waals surface area contributed by atoms with Crippen LogP contribution in [0.3, 0.4) is 0 Å². The Morgan fingerprint density at radius 1 is 1.19 bits per heavy atom. The van der Waals surface area contributed by atoms with Gasteiger partial charge in [0.25, 0.3) is 5.91 Å². The zero-order valence-corrected chi connectivity index (χ0v) is 12.3. The second kappa shape index (κ2) is 5.13. The maximum Gasteiger partial charge on any atom is 0.250 e. The van der Waals surface area contributed by atoms with Gasteiger partial charge in [-0.2, -0.15) is 0 Å². The van der Waals surface area contributed by atoms with Gasteiger partial charge in [-0.25, -0.2) is 4.39 Å². The molecule has 0 bridgehead atoms. The van der Waals surface area contributed by atoms with Crippen molar-refractivity contribution in [3.63, 3.8) is 0 Å². The van der Waals surface area contributed by atoms with E-state index < -0.39 is 17.9 Å². The molecule has 2 unspecified atom stereocenters. The highest BCUT2D eigenvalue weighted by atomic mass is 19.1. The fourth-order valence-corrected chi connectivity index (χ4v) is 3.29. The number of fused-ring (bicyclic) bond motifs is 1. The van der Waals surface area contributed by atoms with E-state index in [1.54, 1.807) is 24.0 Å². The summed E-state index contributed by atoms with van der Waals surface area (Å²) in [7, 11) is 0. The maximum atomic E-state index is 14.1. The molecule has 5 heteroatoms. The number of carbonyl (C=O) groups is 2. The van der Waals surface area contributed by atoms with Crippen LogP contribution in [0.25, 0.3) is 0 Å². The zero-order valence-electron chi connectivity index (χ0n) is 12.3. The molecule has 112 valence electrons. The summed E-state index contributed by atoms with van der Waals surface area (Å²) < 4.78 is 14.1. The van der Waals surface area contributed by atoms with E-state index in [9.17, 15) is 14.0 Å². The Kier molecular flexibility index (Phi) is 3.43. The van der Waals surface area contributed by atoms with E-state index in [1.165, 1.54) is 11.0 Å². The molecular weight excluding hydrogens is 271 g/mol. The van der Waals surface area contributed by atoms with Gasteiger partial charge in [-0.15, -0.1) is 0 Å². The Bertz CT molecular complexity index is 602. The van der Waals surface area contributed by atoms with Gasteiger partial charge in [0.2, 0.25) is 5.91 Å². The SMILES string of the molecule is Cc1ccc(F)c(N2C(=O)C3CCCCN3C(=O)C2C)c1. The molecule has 2 heterocycles. The Morgan fingerprint density at radius 2 is 1.95 bits per heavy atom. The number of benzene rings is 1. The topological polar surface area (TPSA) is 40.6 Å². The van der Waals surface area contributed by atoms with E-state index in [0.717, 1.165) is 18.4 Å². The molecule has 2 aliphatic heterocycles. The third kappa shape index (κ3) is 2.20. The van der Waals surface area contributed by atoms with Crippen molar-refractivity contribution in [3.05, 3.63) is 29.6 Å². The molecule has 2 fully saturated rings. The molecule has 4 nitrogen and oxygen atoms in total. The summed E-state index contributed by atoms with van der Waals surface area (Å²) in [6.45, 7) is 4.15. The van der Waals surface area contributed by atoms with Gasteiger partial charge >= 0.3 is 0 Å². The lowest BCUT2D eigenvalue weighted by molar-refractivity contribution is -0.147. The lowest BCUT2D eigenvalue weighted by atomic mass is 9.95. The quantitative estimate of drug-likeness (QED) is 0.796. The third-order valence-electron chi connectivity index (χ3n) is 4.41. The molecule has 0 saturated carbocycles. The lowest BCUT2D eigenvalue weighted by Gasteiger charge is -2.46. The Labute approximate surface area is 123 Å². The first kappa shape index (κ1) is 14.0. The fraction of sp³-hybridized carbons (Fsp3) is 0.500. The molecule has 1 aromatic carbocycles. The number of hydrogen-bond acceptors (Lipinski definition) is 2. The predicted octanol–water partition coefficient (Wildman–Crippen LogP) is 2.25. The molecule has 2 aliphatic rings. The highest BCUT2D eigenvalue weighted by Crippen LogP contribution is 2.31. The van der Waals surface area contributed by atoms with Gasteiger partial charge in [-0.05, 0) is 50.8 Å². The molecular formula is C16H19FN2O2. The Hall–Kier alpha value is -1.91. The van der Waals surface area contributed by atoms with Crippen LogP contribution >= 0.6 is 0 Å². The molecule has 2 saturated heterocycles. The van der Waals surface area contributed by atoms with E-state index in [2.05, 4.69) is 0 Å². The molecule has 1 aromatic rings. The van der Waals surface area contributed by atoms with Crippen LogP contribution in [0.2, 0.25) is 0 Å². The molecule has 0 aromatic heterocycles. The minimum absolute atomic E-state index is 0.0831. The number of halogens is 1. The molecule has 0 spiro atoms. The van der Waals surface area contributed by atoms with Gasteiger partial charge in [0.1, 0.15) is 17.9 Å². The summed E-state index contributed by atoms with van der Waals surface area (Å²) in [6.07, 6.45) is 2.53. The molecule has 0 N–H and O–H groups in total. The summed E-state index contributed by atoms with van der Waals surface area (Å²) in [5, 5.41) is 0. The van der Waals surface area contributed by atoms with Gasteiger partial charge < -0.3 is 4.90 Å². The third-order valence-corrected chi connectivity index (χ3v) is 4.41. The average molecular weight is 290 g/mol. The number of anilines is 1. The van der Waals surface area contributed by atoms with Gasteiger partial charge in [0, 0.05) is 6.54 Å². The van der Waals surface area contributed by atoms with E-state index in [0.29, 0.717) is 13.0 Å². The molecule has 0 radical (unpaired) electrons. The van der Waals surface area contributed by atoms with Crippen molar-refractivity contribution in [2.75, 3.05) is 11.4 Å². The van der Waals surface area contributed by atoms with Crippen molar-refractivity contribution in [3.8, 4) is 0 Å². The van der Waals surface area contributed by atoms with Crippen LogP contribution in [-0.4, -0.2) is 35.3 Å². The molecule has 0 aliphatic carbocycles. The highest BCUT2D eigenvalue weighted by molar-refractivity contribution is 6.08. The first-order chi connectivity index (χ1) is 10.0. The van der Waals surface area contributed by atoms with Gasteiger partial charge in [-0.3, -0.25) is 14.5 Å². The van der Waals surface area contributed by atoms with Gasteiger partial charge in [0.15, 0.2) is 0 Å². The number of piperazine rings is 1. The summed E-state index contributed by atoms with van der Waals surface area (Å²) in [5.74, 6) is -0.704. The number of aryl methyl sites for hydroxylation is 1. The predicted molar refractivity (Wildman–Crippen MR) is 77.4 cm³/mol. The lowest BCUT2D eigenvalue weighted by Crippen LogP contribution is -2.65. The van der Waals surface area contributed by atoms with Crippen molar-refractivity contribution in [2.45, 2.75) is 45.2 Å². The Morgan fingerprint density at radius 3 is 2.71 bits per heavy atom. The number of rotatable bonds is 1. The number of piperidine rings is 1. The van der Waals surface area contributed by atoms with E-state index >= 15 is 0 Å². The first-order valence-corrected chi connectivity index (χ1v) is 7.40. The van der Waals surface area contributed by atoms with E-state index in [1.807, 2.05) is 6.92 Å². The minimum Gasteiger partial charge on any atom is -0.329 e. The highest BCUT2D eigenvalue weighted by Gasteiger charge is 2.45. The second-order valence-corrected chi connectivity index (χ2v) is 5.88. The average Bonchev–Trinajstić information content (AvgIpc) is 2.49. The maximum absolute atomic E-state index is 14.1. The first-order valence-electron chi connectivity index (χ1n) is 7.40. The zero-order chi connectivity index (χ0) is 15.1. The monoisotopic (exact) mass is 290 g/mol. The number of amides is 2. The van der Waals surface area contributed by atoms with Crippen molar-refractivity contribution in [1.82, 2.24) is 4.90 Å². The van der Waals surface area contributed by atoms with Crippen LogP contribution in [0, 0.1) is 12.7 Å². The summed E-state index contributed by atoms with van der Waals surface area (Å²) in [5.41, 5.74) is 1.08. The van der Waals surface area contributed by atoms with Crippen molar-refractivity contribution in [1.29, 1.82) is 0 Å². The fourth-order valence-electron chi connectivity index (χ4n) is 3.29. The summed E-state index contributed by atoms with van der Waals surface area (Å²) >= 11 is 0.